The third kappa shape index (κ3) is 3.98. The highest BCUT2D eigenvalue weighted by Crippen LogP contribution is 2.41. The molecule has 0 spiro atoms. The van der Waals surface area contributed by atoms with Crippen molar-refractivity contribution >= 4 is 28.8 Å². The lowest BCUT2D eigenvalue weighted by molar-refractivity contribution is -0.140. The Morgan fingerprint density at radius 2 is 1.90 bits per heavy atom. The molecule has 2 saturated heterocycles. The first-order valence-electron chi connectivity index (χ1n) is 9.86. The normalized spacial score (nSPS) is 21.9. The van der Waals surface area contributed by atoms with Gasteiger partial charge in [0.2, 0.25) is 0 Å². The lowest BCUT2D eigenvalue weighted by atomic mass is 10.00. The van der Waals surface area contributed by atoms with Crippen molar-refractivity contribution in [2.45, 2.75) is 6.04 Å². The van der Waals surface area contributed by atoms with E-state index in [-0.39, 0.29) is 11.3 Å². The zero-order chi connectivity index (χ0) is 21.1. The SMILES string of the molecule is COc1ccc(C(O)=C2C(=O)C(=O)N(CCN3CCOCC3)[C@H]2c2cccs2)cc1. The number of aliphatic hydroxyl groups excluding tert-OH is 1. The number of carbonyl (C=O) groups excluding carboxylic acids is 2. The largest absolute Gasteiger partial charge is 0.507 e. The number of hydrogen-bond donors (Lipinski definition) is 1. The minimum atomic E-state index is -0.649. The molecule has 158 valence electrons. The number of thiophene rings is 1. The van der Waals surface area contributed by atoms with Crippen LogP contribution in [0.2, 0.25) is 0 Å². The van der Waals surface area contributed by atoms with Crippen molar-refractivity contribution in [2.75, 3.05) is 46.5 Å². The van der Waals surface area contributed by atoms with Crippen molar-refractivity contribution < 1.29 is 24.2 Å². The molecule has 2 aliphatic heterocycles. The van der Waals surface area contributed by atoms with E-state index < -0.39 is 17.7 Å². The van der Waals surface area contributed by atoms with E-state index in [0.29, 0.717) is 37.6 Å². The summed E-state index contributed by atoms with van der Waals surface area (Å²) in [7, 11) is 1.56. The highest BCUT2D eigenvalue weighted by molar-refractivity contribution is 7.10. The maximum Gasteiger partial charge on any atom is 0.295 e. The van der Waals surface area contributed by atoms with E-state index in [2.05, 4.69) is 4.90 Å². The highest BCUT2D eigenvalue weighted by Gasteiger charge is 2.46. The van der Waals surface area contributed by atoms with Crippen LogP contribution >= 0.6 is 11.3 Å². The first-order chi connectivity index (χ1) is 14.6. The maximum atomic E-state index is 12.9. The van der Waals surface area contributed by atoms with Crippen LogP contribution in [0.4, 0.5) is 0 Å². The van der Waals surface area contributed by atoms with Crippen molar-refractivity contribution in [3.05, 3.63) is 57.8 Å². The van der Waals surface area contributed by atoms with Gasteiger partial charge in [-0.25, -0.2) is 0 Å². The summed E-state index contributed by atoms with van der Waals surface area (Å²) in [6.07, 6.45) is 0. The number of benzene rings is 1. The van der Waals surface area contributed by atoms with Gasteiger partial charge in [-0.2, -0.15) is 0 Å². The number of ether oxygens (including phenoxy) is 2. The van der Waals surface area contributed by atoms with Gasteiger partial charge < -0.3 is 19.5 Å². The minimum Gasteiger partial charge on any atom is -0.507 e. The van der Waals surface area contributed by atoms with E-state index in [1.54, 1.807) is 36.3 Å². The Morgan fingerprint density at radius 1 is 1.17 bits per heavy atom. The predicted octanol–water partition coefficient (Wildman–Crippen LogP) is 2.51. The molecule has 2 aromatic rings. The van der Waals surface area contributed by atoms with E-state index in [1.807, 2.05) is 17.5 Å². The van der Waals surface area contributed by atoms with Crippen LogP contribution in [0.25, 0.3) is 5.76 Å². The quantitative estimate of drug-likeness (QED) is 0.433. The molecule has 0 radical (unpaired) electrons. The molecule has 1 atom stereocenters. The predicted molar refractivity (Wildman–Crippen MR) is 114 cm³/mol. The van der Waals surface area contributed by atoms with Gasteiger partial charge in [-0.05, 0) is 35.7 Å². The number of amides is 1. The Bertz CT molecular complexity index is 933. The zero-order valence-corrected chi connectivity index (χ0v) is 17.6. The average molecular weight is 429 g/mol. The molecule has 7 nitrogen and oxygen atoms in total. The van der Waals surface area contributed by atoms with Gasteiger partial charge >= 0.3 is 0 Å². The van der Waals surface area contributed by atoms with Crippen molar-refractivity contribution in [3.63, 3.8) is 0 Å². The van der Waals surface area contributed by atoms with Gasteiger partial charge in [-0.1, -0.05) is 6.07 Å². The van der Waals surface area contributed by atoms with Crippen molar-refractivity contribution in [1.29, 1.82) is 0 Å². The van der Waals surface area contributed by atoms with Crippen molar-refractivity contribution in [2.24, 2.45) is 0 Å². The number of carbonyl (C=O) groups is 2. The number of morpholine rings is 1. The summed E-state index contributed by atoms with van der Waals surface area (Å²) in [6, 6.07) is 9.97. The van der Waals surface area contributed by atoms with Gasteiger partial charge in [-0.15, -0.1) is 11.3 Å². The third-order valence-corrected chi connectivity index (χ3v) is 6.40. The first kappa shape index (κ1) is 20.6. The second-order valence-corrected chi connectivity index (χ2v) is 8.17. The summed E-state index contributed by atoms with van der Waals surface area (Å²) in [6.45, 7) is 4.02. The molecule has 1 amide bonds. The van der Waals surface area contributed by atoms with Gasteiger partial charge in [0.25, 0.3) is 11.7 Å². The summed E-state index contributed by atoms with van der Waals surface area (Å²) in [5.41, 5.74) is 0.609. The number of ketones is 1. The standard InChI is InChI=1S/C22H24N2O5S/c1-28-16-6-4-15(5-7-16)20(25)18-19(17-3-2-14-30-17)24(22(27)21(18)26)9-8-23-10-12-29-13-11-23/h2-7,14,19,25H,8-13H2,1H3/t19-/m0/s1. The Morgan fingerprint density at radius 3 is 2.53 bits per heavy atom. The number of aliphatic hydroxyl groups is 1. The molecule has 4 rings (SSSR count). The van der Waals surface area contributed by atoms with E-state index in [0.717, 1.165) is 18.0 Å². The van der Waals surface area contributed by atoms with Crippen LogP contribution < -0.4 is 4.74 Å². The fourth-order valence-corrected chi connectivity index (χ4v) is 4.68. The smallest absolute Gasteiger partial charge is 0.295 e. The molecule has 2 fully saturated rings. The third-order valence-electron chi connectivity index (χ3n) is 5.48. The van der Waals surface area contributed by atoms with Gasteiger partial charge in [-0.3, -0.25) is 14.5 Å². The highest BCUT2D eigenvalue weighted by atomic mass is 32.1. The number of hydrogen-bond acceptors (Lipinski definition) is 7. The second kappa shape index (κ2) is 8.99. The number of likely N-dealkylation sites (tertiary alicyclic amines) is 1. The van der Waals surface area contributed by atoms with Crippen LogP contribution in [-0.4, -0.2) is 73.1 Å². The minimum absolute atomic E-state index is 0.134. The maximum absolute atomic E-state index is 12.9. The molecule has 30 heavy (non-hydrogen) atoms. The van der Waals surface area contributed by atoms with Crippen LogP contribution in [0.1, 0.15) is 16.5 Å². The summed E-state index contributed by atoms with van der Waals surface area (Å²) in [5, 5.41) is 12.9. The molecule has 0 aliphatic carbocycles. The van der Waals surface area contributed by atoms with Gasteiger partial charge in [0.1, 0.15) is 11.5 Å². The molecule has 0 saturated carbocycles. The van der Waals surface area contributed by atoms with Crippen LogP contribution in [-0.2, 0) is 14.3 Å². The lowest BCUT2D eigenvalue weighted by Gasteiger charge is -2.30. The Kier molecular flexibility index (Phi) is 6.17. The number of Topliss-reactive ketones (excluding diaryl/α,β-unsaturated/α-hetero) is 1. The second-order valence-electron chi connectivity index (χ2n) is 7.19. The molecule has 0 bridgehead atoms. The van der Waals surface area contributed by atoms with Crippen LogP contribution in [0.5, 0.6) is 5.75 Å². The summed E-state index contributed by atoms with van der Waals surface area (Å²) >= 11 is 1.47. The van der Waals surface area contributed by atoms with E-state index in [1.165, 1.54) is 11.3 Å². The molecule has 2 aliphatic rings. The van der Waals surface area contributed by atoms with Crippen LogP contribution in [0.15, 0.2) is 47.4 Å². The first-order valence-corrected chi connectivity index (χ1v) is 10.7. The molecule has 0 unspecified atom stereocenters. The van der Waals surface area contributed by atoms with Gasteiger partial charge in [0.15, 0.2) is 0 Å². The number of nitrogens with zero attached hydrogens (tertiary/aromatic N) is 2. The summed E-state index contributed by atoms with van der Waals surface area (Å²) < 4.78 is 10.5. The van der Waals surface area contributed by atoms with E-state index in [4.69, 9.17) is 9.47 Å². The Hall–Kier alpha value is -2.68. The van der Waals surface area contributed by atoms with Crippen molar-refractivity contribution in [1.82, 2.24) is 9.80 Å². The molecule has 1 N–H and O–H groups in total. The van der Waals surface area contributed by atoms with E-state index in [9.17, 15) is 14.7 Å². The Labute approximate surface area is 179 Å². The number of rotatable bonds is 6. The summed E-state index contributed by atoms with van der Waals surface area (Å²) in [5.74, 6) is -0.740. The number of methoxy groups -OCH3 is 1. The van der Waals surface area contributed by atoms with Crippen molar-refractivity contribution in [3.8, 4) is 5.75 Å². The fourth-order valence-electron chi connectivity index (χ4n) is 3.83. The fraction of sp³-hybridized carbons (Fsp3) is 0.364. The van der Waals surface area contributed by atoms with E-state index >= 15 is 0 Å². The van der Waals surface area contributed by atoms with Gasteiger partial charge in [0, 0.05) is 36.6 Å². The molecule has 1 aromatic carbocycles. The average Bonchev–Trinajstić information content (AvgIpc) is 3.40. The molecule has 3 heterocycles. The molecule has 1 aromatic heterocycles. The van der Waals surface area contributed by atoms with Crippen LogP contribution in [0.3, 0.4) is 0 Å². The molecular formula is C22H24N2O5S. The molecular weight excluding hydrogens is 404 g/mol. The lowest BCUT2D eigenvalue weighted by Crippen LogP contribution is -2.42. The van der Waals surface area contributed by atoms with Crippen LogP contribution in [0, 0.1) is 0 Å². The zero-order valence-electron chi connectivity index (χ0n) is 16.7. The monoisotopic (exact) mass is 428 g/mol. The molecule has 8 heteroatoms. The Balaban J connectivity index is 1.67. The topological polar surface area (TPSA) is 79.3 Å². The summed E-state index contributed by atoms with van der Waals surface area (Å²) in [4.78, 5) is 30.5. The van der Waals surface area contributed by atoms with Gasteiger partial charge in [0.05, 0.1) is 31.9 Å².